The Balaban J connectivity index is 1.70. The third kappa shape index (κ3) is 3.95. The number of rotatable bonds is 3. The van der Waals surface area contributed by atoms with Crippen molar-refractivity contribution in [2.75, 3.05) is 5.32 Å². The first-order chi connectivity index (χ1) is 10.4. The molecule has 2 aromatic heterocycles. The SMILES string of the molecule is C(#Cc1ccccn1)c1cccc(NCc2cccs2)c1. The molecule has 0 saturated carbocycles. The van der Waals surface area contributed by atoms with Crippen LogP contribution in [-0.4, -0.2) is 4.98 Å². The monoisotopic (exact) mass is 290 g/mol. The summed E-state index contributed by atoms with van der Waals surface area (Å²) in [4.78, 5) is 5.52. The number of nitrogens with zero attached hydrogens (tertiary/aromatic N) is 1. The highest BCUT2D eigenvalue weighted by molar-refractivity contribution is 7.09. The Bertz CT molecular complexity index is 753. The fourth-order valence-electron chi connectivity index (χ4n) is 1.88. The number of anilines is 1. The number of hydrogen-bond donors (Lipinski definition) is 1. The number of benzene rings is 1. The van der Waals surface area contributed by atoms with Crippen molar-refractivity contribution in [2.45, 2.75) is 6.54 Å². The van der Waals surface area contributed by atoms with Crippen LogP contribution >= 0.6 is 11.3 Å². The maximum atomic E-state index is 4.20. The van der Waals surface area contributed by atoms with Crippen LogP contribution in [0, 0.1) is 11.8 Å². The number of thiophene rings is 1. The summed E-state index contributed by atoms with van der Waals surface area (Å²) in [5.41, 5.74) is 2.85. The van der Waals surface area contributed by atoms with Crippen LogP contribution in [0.25, 0.3) is 0 Å². The lowest BCUT2D eigenvalue weighted by atomic mass is 10.2. The van der Waals surface area contributed by atoms with Gasteiger partial charge in [-0.1, -0.05) is 24.1 Å². The normalized spacial score (nSPS) is 9.71. The molecule has 0 aliphatic heterocycles. The van der Waals surface area contributed by atoms with E-state index in [1.54, 1.807) is 17.5 Å². The Morgan fingerprint density at radius 1 is 1.00 bits per heavy atom. The summed E-state index contributed by atoms with van der Waals surface area (Å²) >= 11 is 1.76. The molecule has 0 saturated heterocycles. The van der Waals surface area contributed by atoms with E-state index in [4.69, 9.17) is 0 Å². The van der Waals surface area contributed by atoms with Crippen LogP contribution in [0.5, 0.6) is 0 Å². The molecule has 21 heavy (non-hydrogen) atoms. The topological polar surface area (TPSA) is 24.9 Å². The minimum absolute atomic E-state index is 0.787. The molecule has 1 aromatic carbocycles. The summed E-state index contributed by atoms with van der Waals surface area (Å²) in [5, 5.41) is 5.50. The zero-order valence-electron chi connectivity index (χ0n) is 11.4. The third-order valence-electron chi connectivity index (χ3n) is 2.91. The van der Waals surface area contributed by atoms with Gasteiger partial charge in [0.2, 0.25) is 0 Å². The Morgan fingerprint density at radius 2 is 2.00 bits per heavy atom. The predicted octanol–water partition coefficient (Wildman–Crippen LogP) is 4.16. The second-order valence-electron chi connectivity index (χ2n) is 4.48. The van der Waals surface area contributed by atoms with E-state index < -0.39 is 0 Å². The largest absolute Gasteiger partial charge is 0.380 e. The van der Waals surface area contributed by atoms with E-state index in [1.165, 1.54) is 4.88 Å². The molecule has 0 radical (unpaired) electrons. The summed E-state index contributed by atoms with van der Waals surface area (Å²) in [6.07, 6.45) is 1.75. The van der Waals surface area contributed by atoms with E-state index in [0.29, 0.717) is 0 Å². The van der Waals surface area contributed by atoms with Crippen molar-refractivity contribution in [1.82, 2.24) is 4.98 Å². The number of pyridine rings is 1. The van der Waals surface area contributed by atoms with E-state index in [1.807, 2.05) is 30.3 Å². The Morgan fingerprint density at radius 3 is 2.81 bits per heavy atom. The van der Waals surface area contributed by atoms with Gasteiger partial charge >= 0.3 is 0 Å². The molecule has 0 unspecified atom stereocenters. The second kappa shape index (κ2) is 6.74. The molecular weight excluding hydrogens is 276 g/mol. The molecule has 3 aromatic rings. The van der Waals surface area contributed by atoms with Gasteiger partial charge in [-0.15, -0.1) is 11.3 Å². The van der Waals surface area contributed by atoms with Crippen molar-refractivity contribution in [3.63, 3.8) is 0 Å². The average Bonchev–Trinajstić information content (AvgIpc) is 3.06. The minimum atomic E-state index is 0.787. The molecule has 0 aliphatic carbocycles. The Labute approximate surface area is 128 Å². The highest BCUT2D eigenvalue weighted by Crippen LogP contribution is 2.14. The average molecular weight is 290 g/mol. The molecule has 0 bridgehead atoms. The lowest BCUT2D eigenvalue weighted by molar-refractivity contribution is 1.19. The Hall–Kier alpha value is -2.57. The lowest BCUT2D eigenvalue weighted by Gasteiger charge is -2.04. The van der Waals surface area contributed by atoms with Crippen molar-refractivity contribution < 1.29 is 0 Å². The van der Waals surface area contributed by atoms with E-state index in [2.05, 4.69) is 51.8 Å². The molecule has 102 valence electrons. The molecule has 3 rings (SSSR count). The summed E-state index contributed by atoms with van der Waals surface area (Å²) in [5.74, 6) is 6.22. The second-order valence-corrected chi connectivity index (χ2v) is 5.51. The summed E-state index contributed by atoms with van der Waals surface area (Å²) in [7, 11) is 0. The quantitative estimate of drug-likeness (QED) is 0.733. The van der Waals surface area contributed by atoms with E-state index in [0.717, 1.165) is 23.5 Å². The van der Waals surface area contributed by atoms with Crippen molar-refractivity contribution in [3.8, 4) is 11.8 Å². The van der Waals surface area contributed by atoms with Crippen molar-refractivity contribution in [1.29, 1.82) is 0 Å². The molecule has 2 heterocycles. The molecule has 0 spiro atoms. The zero-order chi connectivity index (χ0) is 14.3. The van der Waals surface area contributed by atoms with Gasteiger partial charge in [0.15, 0.2) is 0 Å². The number of nitrogens with one attached hydrogen (secondary N) is 1. The van der Waals surface area contributed by atoms with Crippen molar-refractivity contribution >= 4 is 17.0 Å². The van der Waals surface area contributed by atoms with Crippen LogP contribution in [0.15, 0.2) is 66.2 Å². The highest BCUT2D eigenvalue weighted by atomic mass is 32.1. The van der Waals surface area contributed by atoms with Gasteiger partial charge in [0.1, 0.15) is 5.69 Å². The first-order valence-electron chi connectivity index (χ1n) is 6.69. The van der Waals surface area contributed by atoms with Gasteiger partial charge in [0.05, 0.1) is 0 Å². The lowest BCUT2D eigenvalue weighted by Crippen LogP contribution is -1.97. The van der Waals surface area contributed by atoms with Gasteiger partial charge in [-0.2, -0.15) is 0 Å². The van der Waals surface area contributed by atoms with Gasteiger partial charge in [-0.3, -0.25) is 0 Å². The third-order valence-corrected chi connectivity index (χ3v) is 3.79. The van der Waals surface area contributed by atoms with Crippen LogP contribution in [0.4, 0.5) is 5.69 Å². The minimum Gasteiger partial charge on any atom is -0.380 e. The molecule has 0 fully saturated rings. The molecule has 0 amide bonds. The fourth-order valence-corrected chi connectivity index (χ4v) is 2.53. The van der Waals surface area contributed by atoms with Crippen LogP contribution in [-0.2, 0) is 6.54 Å². The highest BCUT2D eigenvalue weighted by Gasteiger charge is 1.96. The van der Waals surface area contributed by atoms with E-state index >= 15 is 0 Å². The first-order valence-corrected chi connectivity index (χ1v) is 7.57. The molecule has 3 heteroatoms. The molecule has 2 nitrogen and oxygen atoms in total. The predicted molar refractivity (Wildman–Crippen MR) is 88.3 cm³/mol. The summed E-state index contributed by atoms with van der Waals surface area (Å²) in [6.45, 7) is 0.842. The maximum absolute atomic E-state index is 4.20. The van der Waals surface area contributed by atoms with Crippen molar-refractivity contribution in [3.05, 3.63) is 82.3 Å². The first kappa shape index (κ1) is 13.4. The summed E-state index contributed by atoms with van der Waals surface area (Å²) < 4.78 is 0. The number of aromatic nitrogens is 1. The van der Waals surface area contributed by atoms with Gasteiger partial charge in [-0.05, 0) is 47.7 Å². The van der Waals surface area contributed by atoms with Crippen LogP contribution in [0.1, 0.15) is 16.1 Å². The van der Waals surface area contributed by atoms with Crippen molar-refractivity contribution in [2.24, 2.45) is 0 Å². The Kier molecular flexibility index (Phi) is 4.30. The van der Waals surface area contributed by atoms with Gasteiger partial charge in [0, 0.05) is 28.9 Å². The molecular formula is C18H14N2S. The van der Waals surface area contributed by atoms with Crippen LogP contribution in [0.3, 0.4) is 0 Å². The maximum Gasteiger partial charge on any atom is 0.113 e. The van der Waals surface area contributed by atoms with Gasteiger partial charge < -0.3 is 5.32 Å². The molecule has 0 atom stereocenters. The molecule has 1 N–H and O–H groups in total. The van der Waals surface area contributed by atoms with Crippen LogP contribution in [0.2, 0.25) is 0 Å². The standard InChI is InChI=1S/C18H14N2S/c1-2-11-19-16(6-1)10-9-15-5-3-7-17(13-15)20-14-18-8-4-12-21-18/h1-8,11-13,20H,14H2. The fraction of sp³-hybridized carbons (Fsp3) is 0.0556. The number of hydrogen-bond acceptors (Lipinski definition) is 3. The van der Waals surface area contributed by atoms with Gasteiger partial charge in [-0.25, -0.2) is 4.98 Å². The smallest absolute Gasteiger partial charge is 0.113 e. The summed E-state index contributed by atoms with van der Waals surface area (Å²) in [6, 6.07) is 18.1. The van der Waals surface area contributed by atoms with Gasteiger partial charge in [0.25, 0.3) is 0 Å². The van der Waals surface area contributed by atoms with E-state index in [9.17, 15) is 0 Å². The zero-order valence-corrected chi connectivity index (χ0v) is 12.2. The van der Waals surface area contributed by atoms with Crippen LogP contribution < -0.4 is 5.32 Å². The molecule has 0 aliphatic rings. The van der Waals surface area contributed by atoms with E-state index in [-0.39, 0.29) is 0 Å².